The lowest BCUT2D eigenvalue weighted by atomic mass is 10.2. The number of carbonyl (C=O) groups excluding carboxylic acids is 1. The van der Waals surface area contributed by atoms with E-state index < -0.39 is 10.0 Å². The summed E-state index contributed by atoms with van der Waals surface area (Å²) in [5.41, 5.74) is 0. The molecular formula is C17H27N3O3S. The molecule has 1 N–H and O–H groups in total. The Balaban J connectivity index is 1.92. The van der Waals surface area contributed by atoms with Crippen LogP contribution in [0.25, 0.3) is 0 Å². The molecular weight excluding hydrogens is 326 g/mol. The summed E-state index contributed by atoms with van der Waals surface area (Å²) in [6, 6.07) is 8.24. The van der Waals surface area contributed by atoms with Crippen LogP contribution in [0.4, 0.5) is 0 Å². The van der Waals surface area contributed by atoms with Crippen LogP contribution in [0.3, 0.4) is 0 Å². The molecule has 134 valence electrons. The number of amides is 1. The molecule has 1 aliphatic rings. The highest BCUT2D eigenvalue weighted by Gasteiger charge is 2.31. The van der Waals surface area contributed by atoms with Gasteiger partial charge in [-0.3, -0.25) is 9.69 Å². The Kier molecular flexibility index (Phi) is 6.37. The van der Waals surface area contributed by atoms with Crippen molar-refractivity contribution in [2.45, 2.75) is 31.7 Å². The van der Waals surface area contributed by atoms with E-state index in [0.717, 1.165) is 0 Å². The quantitative estimate of drug-likeness (QED) is 0.833. The number of nitrogens with one attached hydrogen (secondary N) is 1. The average molecular weight is 353 g/mol. The van der Waals surface area contributed by atoms with Gasteiger partial charge in [-0.2, -0.15) is 4.31 Å². The Hall–Kier alpha value is -1.44. The fraction of sp³-hybridized carbons (Fsp3) is 0.588. The van der Waals surface area contributed by atoms with Crippen LogP contribution in [-0.4, -0.2) is 62.3 Å². The Morgan fingerprint density at radius 1 is 1.08 bits per heavy atom. The van der Waals surface area contributed by atoms with E-state index in [-0.39, 0.29) is 11.9 Å². The molecule has 1 amide bonds. The molecule has 0 spiro atoms. The first kappa shape index (κ1) is 18.9. The number of sulfonamides is 1. The van der Waals surface area contributed by atoms with Gasteiger partial charge < -0.3 is 5.32 Å². The number of rotatable bonds is 6. The maximum Gasteiger partial charge on any atom is 0.243 e. The number of piperazine rings is 1. The van der Waals surface area contributed by atoms with Gasteiger partial charge >= 0.3 is 0 Å². The molecule has 1 aromatic carbocycles. The van der Waals surface area contributed by atoms with Gasteiger partial charge in [0.2, 0.25) is 15.9 Å². The van der Waals surface area contributed by atoms with Crippen molar-refractivity contribution in [1.82, 2.24) is 14.5 Å². The maximum atomic E-state index is 12.6. The van der Waals surface area contributed by atoms with Crippen molar-refractivity contribution in [3.05, 3.63) is 30.3 Å². The summed E-state index contributed by atoms with van der Waals surface area (Å²) in [5.74, 6) is 0.414. The molecule has 0 aliphatic carbocycles. The minimum absolute atomic E-state index is 0.00284. The van der Waals surface area contributed by atoms with Crippen LogP contribution in [0.15, 0.2) is 35.2 Å². The summed E-state index contributed by atoms with van der Waals surface area (Å²) in [7, 11) is -3.45. The zero-order chi connectivity index (χ0) is 17.7. The Morgan fingerprint density at radius 2 is 1.67 bits per heavy atom. The molecule has 7 heteroatoms. The van der Waals surface area contributed by atoms with Crippen molar-refractivity contribution < 1.29 is 13.2 Å². The molecule has 1 fully saturated rings. The van der Waals surface area contributed by atoms with Crippen LogP contribution in [-0.2, 0) is 14.8 Å². The summed E-state index contributed by atoms with van der Waals surface area (Å²) in [5, 5.41) is 2.93. The maximum absolute atomic E-state index is 12.6. The van der Waals surface area contributed by atoms with E-state index in [1.54, 1.807) is 30.3 Å². The molecule has 24 heavy (non-hydrogen) atoms. The molecule has 0 radical (unpaired) electrons. The zero-order valence-corrected chi connectivity index (χ0v) is 15.4. The van der Waals surface area contributed by atoms with E-state index in [4.69, 9.17) is 0 Å². The second-order valence-electron chi connectivity index (χ2n) is 6.57. The molecule has 0 saturated carbocycles. The van der Waals surface area contributed by atoms with Gasteiger partial charge in [-0.1, -0.05) is 32.0 Å². The van der Waals surface area contributed by atoms with Gasteiger partial charge in [0.1, 0.15) is 0 Å². The van der Waals surface area contributed by atoms with Crippen LogP contribution >= 0.6 is 0 Å². The minimum Gasteiger partial charge on any atom is -0.354 e. The van der Waals surface area contributed by atoms with Gasteiger partial charge in [0.05, 0.1) is 10.9 Å². The smallest absolute Gasteiger partial charge is 0.243 e. The fourth-order valence-electron chi connectivity index (χ4n) is 2.69. The molecule has 0 bridgehead atoms. The highest BCUT2D eigenvalue weighted by atomic mass is 32.2. The molecule has 1 atom stereocenters. The van der Waals surface area contributed by atoms with E-state index in [0.29, 0.717) is 43.5 Å². The fourth-order valence-corrected chi connectivity index (χ4v) is 4.13. The Labute approximate surface area is 144 Å². The second kappa shape index (κ2) is 8.09. The first-order chi connectivity index (χ1) is 11.3. The SMILES string of the molecule is CC(C)CNC(=O)[C@@H](C)N1CCN(S(=O)(=O)c2ccccc2)CC1. The predicted molar refractivity (Wildman–Crippen MR) is 94.1 cm³/mol. The van der Waals surface area contributed by atoms with E-state index in [2.05, 4.69) is 19.2 Å². The number of hydrogen-bond donors (Lipinski definition) is 1. The van der Waals surface area contributed by atoms with E-state index in [9.17, 15) is 13.2 Å². The van der Waals surface area contributed by atoms with Crippen LogP contribution < -0.4 is 5.32 Å². The van der Waals surface area contributed by atoms with Crippen LogP contribution in [0, 0.1) is 5.92 Å². The molecule has 1 aliphatic heterocycles. The molecule has 1 aromatic rings. The number of carbonyl (C=O) groups is 1. The number of nitrogens with zero attached hydrogens (tertiary/aromatic N) is 2. The van der Waals surface area contributed by atoms with E-state index in [1.165, 1.54) is 4.31 Å². The van der Waals surface area contributed by atoms with Gasteiger partial charge in [0.15, 0.2) is 0 Å². The molecule has 1 saturated heterocycles. The minimum atomic E-state index is -3.45. The average Bonchev–Trinajstić information content (AvgIpc) is 2.59. The van der Waals surface area contributed by atoms with Crippen LogP contribution in [0.5, 0.6) is 0 Å². The van der Waals surface area contributed by atoms with Gasteiger partial charge in [-0.15, -0.1) is 0 Å². The van der Waals surface area contributed by atoms with Crippen molar-refractivity contribution in [2.75, 3.05) is 32.7 Å². The third-order valence-electron chi connectivity index (χ3n) is 4.27. The highest BCUT2D eigenvalue weighted by Crippen LogP contribution is 2.18. The Bertz CT molecular complexity index is 638. The first-order valence-electron chi connectivity index (χ1n) is 8.39. The molecule has 0 aromatic heterocycles. The highest BCUT2D eigenvalue weighted by molar-refractivity contribution is 7.89. The monoisotopic (exact) mass is 353 g/mol. The molecule has 1 heterocycles. The summed E-state index contributed by atoms with van der Waals surface area (Å²) in [4.78, 5) is 14.5. The summed E-state index contributed by atoms with van der Waals surface area (Å²) >= 11 is 0. The van der Waals surface area contributed by atoms with Crippen molar-refractivity contribution in [3.8, 4) is 0 Å². The van der Waals surface area contributed by atoms with Crippen LogP contribution in [0.2, 0.25) is 0 Å². The summed E-state index contributed by atoms with van der Waals surface area (Å²) in [6.45, 7) is 8.56. The molecule has 0 unspecified atom stereocenters. The topological polar surface area (TPSA) is 69.7 Å². The van der Waals surface area contributed by atoms with Crippen molar-refractivity contribution >= 4 is 15.9 Å². The van der Waals surface area contributed by atoms with E-state index in [1.807, 2.05) is 11.8 Å². The number of benzene rings is 1. The first-order valence-corrected chi connectivity index (χ1v) is 9.83. The third kappa shape index (κ3) is 4.55. The summed E-state index contributed by atoms with van der Waals surface area (Å²) < 4.78 is 26.7. The van der Waals surface area contributed by atoms with Crippen molar-refractivity contribution in [2.24, 2.45) is 5.92 Å². The largest absolute Gasteiger partial charge is 0.354 e. The molecule has 6 nitrogen and oxygen atoms in total. The lowest BCUT2D eigenvalue weighted by molar-refractivity contribution is -0.126. The van der Waals surface area contributed by atoms with Gasteiger partial charge in [0, 0.05) is 32.7 Å². The van der Waals surface area contributed by atoms with Gasteiger partial charge in [-0.25, -0.2) is 8.42 Å². The lowest BCUT2D eigenvalue weighted by Gasteiger charge is -2.36. The van der Waals surface area contributed by atoms with Gasteiger partial charge in [0.25, 0.3) is 0 Å². The lowest BCUT2D eigenvalue weighted by Crippen LogP contribution is -2.55. The third-order valence-corrected chi connectivity index (χ3v) is 6.18. The Morgan fingerprint density at radius 3 is 2.21 bits per heavy atom. The predicted octanol–water partition coefficient (Wildman–Crippen LogP) is 1.15. The molecule has 2 rings (SSSR count). The van der Waals surface area contributed by atoms with Crippen LogP contribution in [0.1, 0.15) is 20.8 Å². The van der Waals surface area contributed by atoms with Crippen molar-refractivity contribution in [1.29, 1.82) is 0 Å². The van der Waals surface area contributed by atoms with Gasteiger partial charge in [-0.05, 0) is 25.0 Å². The summed E-state index contributed by atoms with van der Waals surface area (Å²) in [6.07, 6.45) is 0. The standard InChI is InChI=1S/C17H27N3O3S/c1-14(2)13-18-17(21)15(3)19-9-11-20(12-10-19)24(22,23)16-7-5-4-6-8-16/h4-8,14-15H,9-13H2,1-3H3,(H,18,21)/t15-/m1/s1. The second-order valence-corrected chi connectivity index (χ2v) is 8.51. The van der Waals surface area contributed by atoms with Crippen molar-refractivity contribution in [3.63, 3.8) is 0 Å². The van der Waals surface area contributed by atoms with E-state index >= 15 is 0 Å². The normalized spacial score (nSPS) is 18.5. The number of hydrogen-bond acceptors (Lipinski definition) is 4. The zero-order valence-electron chi connectivity index (χ0n) is 14.6.